The number of hydrogen-bond donors (Lipinski definition) is 1. The Bertz CT molecular complexity index is 533. The van der Waals surface area contributed by atoms with E-state index >= 15 is 0 Å². The summed E-state index contributed by atoms with van der Waals surface area (Å²) < 4.78 is 40.8. The first-order chi connectivity index (χ1) is 8.80. The van der Waals surface area contributed by atoms with Gasteiger partial charge in [0.1, 0.15) is 5.82 Å². The lowest BCUT2D eigenvalue weighted by atomic mass is 9.97. The summed E-state index contributed by atoms with van der Waals surface area (Å²) in [5.74, 6) is -0.552. The van der Waals surface area contributed by atoms with Crippen LogP contribution in [0.3, 0.4) is 0 Å². The number of aryl methyl sites for hydroxylation is 1. The van der Waals surface area contributed by atoms with Gasteiger partial charge >= 0.3 is 0 Å². The van der Waals surface area contributed by atoms with E-state index in [1.165, 1.54) is 12.1 Å². The predicted molar refractivity (Wildman–Crippen MR) is 78.6 cm³/mol. The number of nitrogens with one attached hydrogen (secondary N) is 1. The number of benzene rings is 1. The molecule has 108 valence electrons. The minimum atomic E-state index is -3.73. The van der Waals surface area contributed by atoms with Crippen molar-refractivity contribution in [2.45, 2.75) is 44.0 Å². The van der Waals surface area contributed by atoms with E-state index in [-0.39, 0.29) is 4.90 Å². The molecule has 0 atom stereocenters. The fourth-order valence-corrected chi connectivity index (χ4v) is 4.73. The van der Waals surface area contributed by atoms with E-state index in [0.717, 1.165) is 6.07 Å². The van der Waals surface area contributed by atoms with Crippen LogP contribution in [-0.4, -0.2) is 19.3 Å². The van der Waals surface area contributed by atoms with Crippen LogP contribution >= 0.6 is 15.9 Å². The Balaban J connectivity index is 3.21. The van der Waals surface area contributed by atoms with Crippen molar-refractivity contribution in [3.63, 3.8) is 0 Å². The summed E-state index contributed by atoms with van der Waals surface area (Å²) in [5.41, 5.74) is -0.0120. The monoisotopic (exact) mass is 351 g/mol. The van der Waals surface area contributed by atoms with E-state index in [0.29, 0.717) is 23.7 Å². The fraction of sp³-hybridized carbons (Fsp3) is 0.538. The smallest absolute Gasteiger partial charge is 0.207 e. The van der Waals surface area contributed by atoms with E-state index in [2.05, 4.69) is 20.7 Å². The highest BCUT2D eigenvalue weighted by atomic mass is 79.9. The van der Waals surface area contributed by atoms with Crippen molar-refractivity contribution >= 4 is 26.0 Å². The van der Waals surface area contributed by atoms with Gasteiger partial charge in [-0.2, -0.15) is 0 Å². The molecule has 0 fully saturated rings. The lowest BCUT2D eigenvalue weighted by molar-refractivity contribution is 0.398. The van der Waals surface area contributed by atoms with Crippen molar-refractivity contribution in [3.05, 3.63) is 29.6 Å². The predicted octanol–water partition coefficient (Wildman–Crippen LogP) is 3.37. The van der Waals surface area contributed by atoms with Crippen LogP contribution in [0.15, 0.2) is 23.1 Å². The van der Waals surface area contributed by atoms with Crippen LogP contribution in [0.4, 0.5) is 4.39 Å². The minimum Gasteiger partial charge on any atom is -0.207 e. The maximum absolute atomic E-state index is 13.3. The zero-order valence-corrected chi connectivity index (χ0v) is 13.7. The highest BCUT2D eigenvalue weighted by Gasteiger charge is 2.31. The largest absolute Gasteiger partial charge is 0.241 e. The molecule has 1 N–H and O–H groups in total. The molecule has 3 nitrogen and oxygen atoms in total. The molecule has 0 aromatic heterocycles. The van der Waals surface area contributed by atoms with Crippen LogP contribution in [0.25, 0.3) is 0 Å². The Labute approximate surface area is 122 Å². The molecule has 19 heavy (non-hydrogen) atoms. The average molecular weight is 352 g/mol. The van der Waals surface area contributed by atoms with Crippen molar-refractivity contribution in [1.82, 2.24) is 4.72 Å². The molecular weight excluding hydrogens is 333 g/mol. The SMILES string of the molecule is CCC(CC)(CBr)NS(=O)(=O)c1cc(F)ccc1C. The minimum absolute atomic E-state index is 0.000255. The first-order valence-electron chi connectivity index (χ1n) is 6.16. The molecule has 0 aliphatic carbocycles. The molecule has 0 saturated carbocycles. The van der Waals surface area contributed by atoms with Crippen molar-refractivity contribution < 1.29 is 12.8 Å². The second-order valence-corrected chi connectivity index (χ2v) is 6.85. The standard InChI is InChI=1S/C13H19BrFNO2S/c1-4-13(5-2,9-14)16-19(17,18)12-8-11(15)7-6-10(12)3/h6-8,16H,4-5,9H2,1-3H3. The Hall–Kier alpha value is -0.460. The lowest BCUT2D eigenvalue weighted by Gasteiger charge is -2.30. The van der Waals surface area contributed by atoms with Crippen LogP contribution in [0.2, 0.25) is 0 Å². The van der Waals surface area contributed by atoms with Gasteiger partial charge in [-0.1, -0.05) is 35.8 Å². The Morgan fingerprint density at radius 3 is 2.37 bits per heavy atom. The van der Waals surface area contributed by atoms with Crippen LogP contribution in [0, 0.1) is 12.7 Å². The first kappa shape index (κ1) is 16.6. The summed E-state index contributed by atoms with van der Waals surface area (Å²) in [4.78, 5) is -0.000255. The maximum Gasteiger partial charge on any atom is 0.241 e. The van der Waals surface area contributed by atoms with E-state index in [4.69, 9.17) is 0 Å². The van der Waals surface area contributed by atoms with E-state index in [1.54, 1.807) is 6.92 Å². The molecule has 0 unspecified atom stereocenters. The van der Waals surface area contributed by atoms with Gasteiger partial charge < -0.3 is 0 Å². The summed E-state index contributed by atoms with van der Waals surface area (Å²) in [6, 6.07) is 3.78. The molecule has 1 aromatic carbocycles. The third-order valence-corrected chi connectivity index (χ3v) is 6.19. The third kappa shape index (κ3) is 3.77. The fourth-order valence-electron chi connectivity index (χ4n) is 1.81. The van der Waals surface area contributed by atoms with E-state index in [9.17, 15) is 12.8 Å². The first-order valence-corrected chi connectivity index (χ1v) is 8.77. The summed E-state index contributed by atoms with van der Waals surface area (Å²) >= 11 is 3.35. The van der Waals surface area contributed by atoms with E-state index < -0.39 is 21.4 Å². The molecule has 1 aromatic rings. The van der Waals surface area contributed by atoms with Crippen molar-refractivity contribution in [1.29, 1.82) is 0 Å². The molecule has 0 bridgehead atoms. The van der Waals surface area contributed by atoms with Crippen LogP contribution in [0.1, 0.15) is 32.3 Å². The summed E-state index contributed by atoms with van der Waals surface area (Å²) in [5, 5.41) is 0.514. The summed E-state index contributed by atoms with van der Waals surface area (Å²) in [6.45, 7) is 5.50. The maximum atomic E-state index is 13.3. The second kappa shape index (κ2) is 6.33. The van der Waals surface area contributed by atoms with Crippen molar-refractivity contribution in [2.75, 3.05) is 5.33 Å². The summed E-state index contributed by atoms with van der Waals surface area (Å²) in [7, 11) is -3.73. The van der Waals surface area contributed by atoms with Gasteiger partial charge in [0.2, 0.25) is 10.0 Å². The van der Waals surface area contributed by atoms with Gasteiger partial charge in [0.25, 0.3) is 0 Å². The van der Waals surface area contributed by atoms with Gasteiger partial charge in [-0.3, -0.25) is 0 Å². The molecule has 0 spiro atoms. The topological polar surface area (TPSA) is 46.2 Å². The van der Waals surface area contributed by atoms with Gasteiger partial charge in [-0.15, -0.1) is 0 Å². The summed E-state index contributed by atoms with van der Waals surface area (Å²) in [6.07, 6.45) is 1.31. The average Bonchev–Trinajstić information content (AvgIpc) is 2.39. The third-order valence-electron chi connectivity index (χ3n) is 3.40. The molecule has 0 radical (unpaired) electrons. The highest BCUT2D eigenvalue weighted by molar-refractivity contribution is 9.09. The Morgan fingerprint density at radius 1 is 1.32 bits per heavy atom. The quantitative estimate of drug-likeness (QED) is 0.798. The van der Waals surface area contributed by atoms with Gasteiger partial charge in [0.15, 0.2) is 0 Å². The van der Waals surface area contributed by atoms with E-state index in [1.807, 2.05) is 13.8 Å². The Kier molecular flexibility index (Phi) is 5.53. The number of alkyl halides is 1. The number of sulfonamides is 1. The molecule has 0 saturated heterocycles. The lowest BCUT2D eigenvalue weighted by Crippen LogP contribution is -2.49. The normalized spacial score (nSPS) is 12.7. The number of hydrogen-bond acceptors (Lipinski definition) is 2. The Morgan fingerprint density at radius 2 is 1.89 bits per heavy atom. The second-order valence-electron chi connectivity index (χ2n) is 4.64. The van der Waals surface area contributed by atoms with Gasteiger partial charge in [0.05, 0.1) is 4.90 Å². The highest BCUT2D eigenvalue weighted by Crippen LogP contribution is 2.23. The van der Waals surface area contributed by atoms with Gasteiger partial charge in [0, 0.05) is 10.9 Å². The molecular formula is C13H19BrFNO2S. The van der Waals surface area contributed by atoms with Crippen LogP contribution in [0.5, 0.6) is 0 Å². The van der Waals surface area contributed by atoms with Crippen LogP contribution < -0.4 is 4.72 Å². The van der Waals surface area contributed by atoms with Crippen molar-refractivity contribution in [2.24, 2.45) is 0 Å². The number of halogens is 2. The molecule has 0 heterocycles. The molecule has 0 aliphatic rings. The zero-order chi connectivity index (χ0) is 14.7. The van der Waals surface area contributed by atoms with Gasteiger partial charge in [-0.05, 0) is 37.5 Å². The molecule has 6 heteroatoms. The molecule has 1 rings (SSSR count). The zero-order valence-electron chi connectivity index (χ0n) is 11.3. The number of rotatable bonds is 6. The molecule has 0 amide bonds. The van der Waals surface area contributed by atoms with Crippen molar-refractivity contribution in [3.8, 4) is 0 Å². The van der Waals surface area contributed by atoms with Crippen LogP contribution in [-0.2, 0) is 10.0 Å². The van der Waals surface area contributed by atoms with Gasteiger partial charge in [-0.25, -0.2) is 17.5 Å². The molecule has 0 aliphatic heterocycles.